The molecular weight excluding hydrogens is 127 g/mol. The summed E-state index contributed by atoms with van der Waals surface area (Å²) in [6.07, 6.45) is 0. The van der Waals surface area contributed by atoms with Crippen LogP contribution >= 0.6 is 19.4 Å². The van der Waals surface area contributed by atoms with E-state index in [1.807, 2.05) is 18.3 Å². The molecular formula is C4H11OPS. The van der Waals surface area contributed by atoms with E-state index < -0.39 is 0 Å². The average molecular weight is 138 g/mol. The minimum atomic E-state index is 0.649. The Labute approximate surface area is 50.8 Å². The normalized spacial score (nSPS) is 11.1. The van der Waals surface area contributed by atoms with Crippen molar-refractivity contribution in [2.45, 2.75) is 13.8 Å². The molecule has 0 fully saturated rings. The van der Waals surface area contributed by atoms with Gasteiger partial charge in [0, 0.05) is 6.61 Å². The van der Waals surface area contributed by atoms with Gasteiger partial charge in [0.25, 0.3) is 0 Å². The van der Waals surface area contributed by atoms with Gasteiger partial charge in [0.1, 0.15) is 0 Å². The van der Waals surface area contributed by atoms with Crippen molar-refractivity contribution in [3.05, 3.63) is 0 Å². The first kappa shape index (κ1) is 7.74. The zero-order chi connectivity index (χ0) is 5.54. The Balaban J connectivity index is 2.45. The number of hydrogen-bond donors (Lipinski definition) is 0. The molecule has 1 nitrogen and oxygen atoms in total. The molecule has 0 radical (unpaired) electrons. The van der Waals surface area contributed by atoms with Crippen LogP contribution in [-0.4, -0.2) is 12.4 Å². The lowest BCUT2D eigenvalue weighted by molar-refractivity contribution is 0.397. The van der Waals surface area contributed by atoms with E-state index >= 15 is 0 Å². The van der Waals surface area contributed by atoms with Gasteiger partial charge in [-0.1, -0.05) is 6.92 Å². The summed E-state index contributed by atoms with van der Waals surface area (Å²) >= 11 is 1.84. The molecule has 0 amide bonds. The van der Waals surface area contributed by atoms with Crippen LogP contribution in [-0.2, 0) is 4.52 Å². The molecule has 0 aliphatic carbocycles. The van der Waals surface area contributed by atoms with Crippen molar-refractivity contribution >= 4 is 19.4 Å². The molecule has 0 aromatic rings. The molecule has 3 heteroatoms. The van der Waals surface area contributed by atoms with E-state index in [2.05, 4.69) is 6.92 Å². The third kappa shape index (κ3) is 6.74. The summed E-state index contributed by atoms with van der Waals surface area (Å²) in [6, 6.07) is 0. The second kappa shape index (κ2) is 6.74. The zero-order valence-electron chi connectivity index (χ0n) is 4.73. The Morgan fingerprint density at radius 3 is 2.71 bits per heavy atom. The van der Waals surface area contributed by atoms with Gasteiger partial charge in [-0.15, -0.1) is 11.4 Å². The van der Waals surface area contributed by atoms with Crippen molar-refractivity contribution in [1.29, 1.82) is 0 Å². The van der Waals surface area contributed by atoms with Crippen LogP contribution < -0.4 is 0 Å². The van der Waals surface area contributed by atoms with Crippen LogP contribution in [0.3, 0.4) is 0 Å². The highest BCUT2D eigenvalue weighted by Gasteiger charge is 1.78. The lowest BCUT2D eigenvalue weighted by Crippen LogP contribution is -1.69. The molecule has 0 N–H and O–H groups in total. The van der Waals surface area contributed by atoms with Crippen molar-refractivity contribution in [3.63, 3.8) is 0 Å². The van der Waals surface area contributed by atoms with Gasteiger partial charge in [-0.05, 0) is 12.7 Å². The maximum atomic E-state index is 5.06. The summed E-state index contributed by atoms with van der Waals surface area (Å²) in [4.78, 5) is 0. The third-order valence-corrected chi connectivity index (χ3v) is 2.79. The molecule has 0 aromatic heterocycles. The maximum absolute atomic E-state index is 5.06. The van der Waals surface area contributed by atoms with Gasteiger partial charge in [0.15, 0.2) is 0 Å². The van der Waals surface area contributed by atoms with Crippen molar-refractivity contribution in [3.8, 4) is 0 Å². The summed E-state index contributed by atoms with van der Waals surface area (Å²) in [5.41, 5.74) is 0. The van der Waals surface area contributed by atoms with Crippen LogP contribution in [0.5, 0.6) is 0 Å². The van der Waals surface area contributed by atoms with Crippen LogP contribution in [0.15, 0.2) is 0 Å². The smallest absolute Gasteiger partial charge is 0.0744 e. The van der Waals surface area contributed by atoms with Gasteiger partial charge in [-0.3, -0.25) is 0 Å². The van der Waals surface area contributed by atoms with Gasteiger partial charge in [0.05, 0.1) is 8.01 Å². The van der Waals surface area contributed by atoms with Crippen molar-refractivity contribution in [2.24, 2.45) is 0 Å². The topological polar surface area (TPSA) is 9.23 Å². The average Bonchev–Trinajstić information content (AvgIpc) is 1.69. The van der Waals surface area contributed by atoms with Crippen LogP contribution in [0, 0.1) is 0 Å². The first-order valence-electron chi connectivity index (χ1n) is 2.40. The van der Waals surface area contributed by atoms with Crippen LogP contribution in [0.4, 0.5) is 0 Å². The summed E-state index contributed by atoms with van der Waals surface area (Å²) in [7, 11) is 0.649. The van der Waals surface area contributed by atoms with Crippen molar-refractivity contribution in [1.82, 2.24) is 0 Å². The lowest BCUT2D eigenvalue weighted by Gasteiger charge is -1.94. The highest BCUT2D eigenvalue weighted by atomic mass is 32.7. The number of hydrogen-bond acceptors (Lipinski definition) is 2. The molecule has 7 heavy (non-hydrogen) atoms. The van der Waals surface area contributed by atoms with E-state index in [1.165, 1.54) is 5.75 Å². The molecule has 0 rings (SSSR count). The van der Waals surface area contributed by atoms with Crippen molar-refractivity contribution in [2.75, 3.05) is 12.4 Å². The van der Waals surface area contributed by atoms with Gasteiger partial charge in [-0.2, -0.15) is 0 Å². The summed E-state index contributed by atoms with van der Waals surface area (Å²) in [5.74, 6) is 1.17. The van der Waals surface area contributed by atoms with Crippen LogP contribution in [0.2, 0.25) is 0 Å². The molecule has 0 aliphatic rings. The summed E-state index contributed by atoms with van der Waals surface area (Å²) in [5, 5.41) is 0. The summed E-state index contributed by atoms with van der Waals surface area (Å²) in [6.45, 7) is 5.01. The van der Waals surface area contributed by atoms with Gasteiger partial charge < -0.3 is 4.52 Å². The Hall–Kier alpha value is 0.740. The number of rotatable bonds is 4. The second-order valence-electron chi connectivity index (χ2n) is 0.949. The fourth-order valence-corrected chi connectivity index (χ4v) is 1.44. The molecule has 0 aromatic carbocycles. The van der Waals surface area contributed by atoms with E-state index in [9.17, 15) is 0 Å². The molecule has 0 aliphatic heterocycles. The van der Waals surface area contributed by atoms with Crippen LogP contribution in [0.1, 0.15) is 13.8 Å². The molecule has 0 bridgehead atoms. The molecule has 0 saturated carbocycles. The Morgan fingerprint density at radius 2 is 2.29 bits per heavy atom. The van der Waals surface area contributed by atoms with E-state index in [4.69, 9.17) is 4.52 Å². The SMILES string of the molecule is CCOPSCC. The minimum Gasteiger partial charge on any atom is -0.352 e. The second-order valence-corrected chi connectivity index (χ2v) is 3.64. The quantitative estimate of drug-likeness (QED) is 0.435. The largest absolute Gasteiger partial charge is 0.352 e. The maximum Gasteiger partial charge on any atom is 0.0744 e. The monoisotopic (exact) mass is 138 g/mol. The molecule has 0 saturated heterocycles. The first-order chi connectivity index (χ1) is 3.41. The summed E-state index contributed by atoms with van der Waals surface area (Å²) < 4.78 is 5.06. The standard InChI is InChI=1S/C4H11OPS/c1-3-5-6-7-4-2/h6H,3-4H2,1-2H3. The van der Waals surface area contributed by atoms with E-state index in [1.54, 1.807) is 0 Å². The third-order valence-electron chi connectivity index (χ3n) is 0.407. The molecule has 0 spiro atoms. The predicted molar refractivity (Wildman–Crippen MR) is 38.1 cm³/mol. The molecule has 44 valence electrons. The highest BCUT2D eigenvalue weighted by molar-refractivity contribution is 8.48. The van der Waals surface area contributed by atoms with Crippen LogP contribution in [0.25, 0.3) is 0 Å². The van der Waals surface area contributed by atoms with Gasteiger partial charge in [-0.25, -0.2) is 0 Å². The Morgan fingerprint density at radius 1 is 1.57 bits per heavy atom. The molecule has 1 unspecified atom stereocenters. The highest BCUT2D eigenvalue weighted by Crippen LogP contribution is 2.28. The molecule has 0 heterocycles. The van der Waals surface area contributed by atoms with Gasteiger partial charge in [0.2, 0.25) is 0 Å². The fraction of sp³-hybridized carbons (Fsp3) is 1.00. The fourth-order valence-electron chi connectivity index (χ4n) is 0.160. The van der Waals surface area contributed by atoms with E-state index in [0.717, 1.165) is 6.61 Å². The minimum absolute atomic E-state index is 0.649. The lowest BCUT2D eigenvalue weighted by atomic mass is 10.9. The van der Waals surface area contributed by atoms with E-state index in [0.29, 0.717) is 8.01 Å². The van der Waals surface area contributed by atoms with Crippen molar-refractivity contribution < 1.29 is 4.52 Å². The Kier molecular flexibility index (Phi) is 7.45. The Bertz CT molecular complexity index is 30.9. The first-order valence-corrected chi connectivity index (χ1v) is 5.02. The molecule has 1 atom stereocenters. The predicted octanol–water partition coefficient (Wildman–Crippen LogP) is 2.28. The van der Waals surface area contributed by atoms with Gasteiger partial charge >= 0.3 is 0 Å². The van der Waals surface area contributed by atoms with E-state index in [-0.39, 0.29) is 0 Å². The zero-order valence-corrected chi connectivity index (χ0v) is 6.55.